The molecule has 0 fully saturated rings. The first kappa shape index (κ1) is 15.8. The Morgan fingerprint density at radius 1 is 1.29 bits per heavy atom. The molecule has 0 atom stereocenters. The maximum Gasteiger partial charge on any atom is 0.185 e. The molecule has 0 aliphatic heterocycles. The van der Waals surface area contributed by atoms with Crippen LogP contribution in [0.1, 0.15) is 11.4 Å². The number of benzene rings is 1. The highest BCUT2D eigenvalue weighted by Gasteiger charge is 2.20. The minimum absolute atomic E-state index is 0.193. The monoisotopic (exact) mass is 370 g/mol. The molecule has 2 rings (SSSR count). The Morgan fingerprint density at radius 2 is 2.00 bits per heavy atom. The minimum atomic E-state index is -3.52. The standard InChI is InChI=1S/C14H15BrN2O3S/c1-9-5-12(20-2)7-11(17-9)8-21(18,19)14-4-3-10(16)6-13(14)15/h3-7H,8,16H2,1-2H3. The highest BCUT2D eigenvalue weighted by molar-refractivity contribution is 9.10. The van der Waals surface area contributed by atoms with Crippen LogP contribution in [0.3, 0.4) is 0 Å². The van der Waals surface area contributed by atoms with Gasteiger partial charge in [0.15, 0.2) is 9.84 Å². The van der Waals surface area contributed by atoms with E-state index in [9.17, 15) is 8.42 Å². The molecule has 0 amide bonds. The lowest BCUT2D eigenvalue weighted by Gasteiger charge is -2.09. The Morgan fingerprint density at radius 3 is 2.62 bits per heavy atom. The highest BCUT2D eigenvalue weighted by atomic mass is 79.9. The summed E-state index contributed by atoms with van der Waals surface area (Å²) in [5, 5.41) is 0. The molecule has 1 aromatic heterocycles. The Hall–Kier alpha value is -1.60. The van der Waals surface area contributed by atoms with Crippen LogP contribution < -0.4 is 10.5 Å². The molecule has 0 saturated heterocycles. The third kappa shape index (κ3) is 3.74. The van der Waals surface area contributed by atoms with E-state index in [4.69, 9.17) is 10.5 Å². The largest absolute Gasteiger partial charge is 0.497 e. The van der Waals surface area contributed by atoms with E-state index >= 15 is 0 Å². The summed E-state index contributed by atoms with van der Waals surface area (Å²) in [5.74, 6) is 0.386. The van der Waals surface area contributed by atoms with Crippen molar-refractivity contribution in [3.63, 3.8) is 0 Å². The molecule has 5 nitrogen and oxygen atoms in total. The molecule has 2 N–H and O–H groups in total. The van der Waals surface area contributed by atoms with Crippen LogP contribution in [0.15, 0.2) is 39.7 Å². The van der Waals surface area contributed by atoms with Gasteiger partial charge in [0.1, 0.15) is 5.75 Å². The predicted molar refractivity (Wildman–Crippen MR) is 85.0 cm³/mol. The zero-order chi connectivity index (χ0) is 15.6. The van der Waals surface area contributed by atoms with Crippen LogP contribution in [0, 0.1) is 6.92 Å². The molecule has 1 aromatic carbocycles. The van der Waals surface area contributed by atoms with Crippen molar-refractivity contribution in [2.45, 2.75) is 17.6 Å². The fourth-order valence-corrected chi connectivity index (χ4v) is 4.40. The summed E-state index contributed by atoms with van der Waals surface area (Å²) in [6, 6.07) is 7.98. The van der Waals surface area contributed by atoms with Crippen LogP contribution >= 0.6 is 15.9 Å². The SMILES string of the molecule is COc1cc(C)nc(CS(=O)(=O)c2ccc(N)cc2Br)c1. The Balaban J connectivity index is 2.39. The average Bonchev–Trinajstić information content (AvgIpc) is 2.36. The maximum atomic E-state index is 12.5. The summed E-state index contributed by atoms with van der Waals surface area (Å²) in [6.45, 7) is 1.79. The number of hydrogen-bond acceptors (Lipinski definition) is 5. The molecular formula is C14H15BrN2O3S. The minimum Gasteiger partial charge on any atom is -0.497 e. The molecule has 0 spiro atoms. The van der Waals surface area contributed by atoms with Gasteiger partial charge in [-0.15, -0.1) is 0 Å². The van der Waals surface area contributed by atoms with Crippen molar-refractivity contribution in [1.29, 1.82) is 0 Å². The van der Waals surface area contributed by atoms with E-state index in [2.05, 4.69) is 20.9 Å². The average molecular weight is 371 g/mol. The Labute approximate surface area is 132 Å². The number of nitrogens with zero attached hydrogens (tertiary/aromatic N) is 1. The van der Waals surface area contributed by atoms with Crippen LogP contribution in [0.5, 0.6) is 5.75 Å². The van der Waals surface area contributed by atoms with Gasteiger partial charge in [-0.2, -0.15) is 0 Å². The van der Waals surface area contributed by atoms with E-state index in [0.29, 0.717) is 27.3 Å². The van der Waals surface area contributed by atoms with Crippen molar-refractivity contribution in [2.24, 2.45) is 0 Å². The normalized spacial score (nSPS) is 11.4. The number of pyridine rings is 1. The van der Waals surface area contributed by atoms with Gasteiger partial charge in [0.05, 0.1) is 23.5 Å². The van der Waals surface area contributed by atoms with Gasteiger partial charge in [-0.05, 0) is 41.1 Å². The number of ether oxygens (including phenoxy) is 1. The number of rotatable bonds is 4. The van der Waals surface area contributed by atoms with Crippen LogP contribution in [0.25, 0.3) is 0 Å². The first-order valence-electron chi connectivity index (χ1n) is 6.11. The van der Waals surface area contributed by atoms with E-state index in [-0.39, 0.29) is 10.6 Å². The Kier molecular flexibility index (Phi) is 4.53. The van der Waals surface area contributed by atoms with E-state index < -0.39 is 9.84 Å². The maximum absolute atomic E-state index is 12.5. The summed E-state index contributed by atoms with van der Waals surface area (Å²) in [5.41, 5.74) is 7.27. The van der Waals surface area contributed by atoms with Crippen molar-refractivity contribution >= 4 is 31.5 Å². The second-order valence-corrected chi connectivity index (χ2v) is 7.40. The van der Waals surface area contributed by atoms with E-state index in [1.54, 1.807) is 31.2 Å². The zero-order valence-electron chi connectivity index (χ0n) is 11.6. The number of methoxy groups -OCH3 is 1. The van der Waals surface area contributed by atoms with Gasteiger partial charge in [-0.1, -0.05) is 0 Å². The second-order valence-electron chi connectivity index (χ2n) is 4.59. The van der Waals surface area contributed by atoms with Gasteiger partial charge < -0.3 is 10.5 Å². The van der Waals surface area contributed by atoms with Gasteiger partial charge in [-0.3, -0.25) is 4.98 Å². The number of halogens is 1. The number of hydrogen-bond donors (Lipinski definition) is 1. The number of aryl methyl sites for hydroxylation is 1. The second kappa shape index (κ2) is 6.03. The number of anilines is 1. The molecule has 0 radical (unpaired) electrons. The van der Waals surface area contributed by atoms with Gasteiger partial charge >= 0.3 is 0 Å². The fourth-order valence-electron chi connectivity index (χ4n) is 1.94. The highest BCUT2D eigenvalue weighted by Crippen LogP contribution is 2.27. The number of nitrogens with two attached hydrogens (primary N) is 1. The van der Waals surface area contributed by atoms with Crippen molar-refractivity contribution in [3.8, 4) is 5.75 Å². The molecule has 112 valence electrons. The summed E-state index contributed by atoms with van der Waals surface area (Å²) < 4.78 is 30.6. The molecule has 2 aromatic rings. The number of aromatic nitrogens is 1. The molecular weight excluding hydrogens is 356 g/mol. The molecule has 0 bridgehead atoms. The molecule has 21 heavy (non-hydrogen) atoms. The van der Waals surface area contributed by atoms with Gasteiger partial charge in [0, 0.05) is 28.0 Å². The van der Waals surface area contributed by atoms with Gasteiger partial charge in [0.25, 0.3) is 0 Å². The van der Waals surface area contributed by atoms with Crippen LogP contribution in [-0.4, -0.2) is 20.5 Å². The van der Waals surface area contributed by atoms with Crippen LogP contribution in [0.4, 0.5) is 5.69 Å². The fraction of sp³-hybridized carbons (Fsp3) is 0.214. The molecule has 0 aliphatic rings. The van der Waals surface area contributed by atoms with Crippen LogP contribution in [-0.2, 0) is 15.6 Å². The van der Waals surface area contributed by atoms with E-state index in [0.717, 1.165) is 0 Å². The Bertz CT molecular complexity index is 776. The van der Waals surface area contributed by atoms with Gasteiger partial charge in [0.2, 0.25) is 0 Å². The lowest BCUT2D eigenvalue weighted by atomic mass is 10.3. The number of nitrogen functional groups attached to an aromatic ring is 1. The summed E-state index contributed by atoms with van der Waals surface area (Å²) in [6.07, 6.45) is 0. The van der Waals surface area contributed by atoms with Gasteiger partial charge in [-0.25, -0.2) is 8.42 Å². The summed E-state index contributed by atoms with van der Waals surface area (Å²) >= 11 is 3.23. The van der Waals surface area contributed by atoms with E-state index in [1.165, 1.54) is 13.2 Å². The smallest absolute Gasteiger partial charge is 0.185 e. The van der Waals surface area contributed by atoms with Crippen LogP contribution in [0.2, 0.25) is 0 Å². The molecule has 0 aliphatic carbocycles. The third-order valence-corrected chi connectivity index (χ3v) is 5.47. The van der Waals surface area contributed by atoms with Crippen molar-refractivity contribution in [3.05, 3.63) is 46.2 Å². The quantitative estimate of drug-likeness (QED) is 0.836. The molecule has 7 heteroatoms. The summed E-state index contributed by atoms with van der Waals surface area (Å²) in [4.78, 5) is 4.43. The predicted octanol–water partition coefficient (Wildman–Crippen LogP) is 2.72. The third-order valence-electron chi connectivity index (χ3n) is 2.84. The summed E-state index contributed by atoms with van der Waals surface area (Å²) in [7, 11) is -1.99. The topological polar surface area (TPSA) is 82.3 Å². The molecule has 0 saturated carbocycles. The first-order chi connectivity index (χ1) is 9.81. The van der Waals surface area contributed by atoms with E-state index in [1.807, 2.05) is 0 Å². The lowest BCUT2D eigenvalue weighted by molar-refractivity contribution is 0.413. The van der Waals surface area contributed by atoms with Crippen molar-refractivity contribution in [1.82, 2.24) is 4.98 Å². The number of sulfone groups is 1. The molecule has 1 heterocycles. The lowest BCUT2D eigenvalue weighted by Crippen LogP contribution is -2.08. The zero-order valence-corrected chi connectivity index (χ0v) is 14.0. The van der Waals surface area contributed by atoms with Crippen molar-refractivity contribution < 1.29 is 13.2 Å². The molecule has 0 unspecified atom stereocenters. The van der Waals surface area contributed by atoms with Crippen molar-refractivity contribution in [2.75, 3.05) is 12.8 Å². The first-order valence-corrected chi connectivity index (χ1v) is 8.55.